The van der Waals surface area contributed by atoms with Gasteiger partial charge in [-0.25, -0.2) is 9.97 Å². The van der Waals surface area contributed by atoms with E-state index in [-0.39, 0.29) is 11.8 Å². The summed E-state index contributed by atoms with van der Waals surface area (Å²) in [5.74, 6) is 1.58. The first-order valence-electron chi connectivity index (χ1n) is 10.7. The number of piperidine rings is 1. The second-order valence-electron chi connectivity index (χ2n) is 8.14. The molecule has 1 fully saturated rings. The Kier molecular flexibility index (Phi) is 6.31. The van der Waals surface area contributed by atoms with Crippen LogP contribution in [0.2, 0.25) is 0 Å². The minimum Gasteiger partial charge on any atom is -0.338 e. The number of rotatable bonds is 5. The molecule has 1 aliphatic heterocycles. The molecule has 0 aromatic carbocycles. The lowest BCUT2D eigenvalue weighted by Crippen LogP contribution is -2.38. The molecule has 0 radical (unpaired) electrons. The predicted molar refractivity (Wildman–Crippen MR) is 125 cm³/mol. The summed E-state index contributed by atoms with van der Waals surface area (Å²) in [7, 11) is 1.91. The van der Waals surface area contributed by atoms with Crippen molar-refractivity contribution in [2.24, 2.45) is 7.05 Å². The monoisotopic (exact) mass is 452 g/mol. The zero-order valence-corrected chi connectivity index (χ0v) is 19.9. The van der Waals surface area contributed by atoms with Gasteiger partial charge in [-0.05, 0) is 46.6 Å². The van der Waals surface area contributed by atoms with Crippen LogP contribution in [0.3, 0.4) is 0 Å². The molecule has 168 valence electrons. The van der Waals surface area contributed by atoms with Crippen molar-refractivity contribution in [3.63, 3.8) is 0 Å². The second kappa shape index (κ2) is 9.15. The summed E-state index contributed by atoms with van der Waals surface area (Å²) in [5, 5.41) is 17.4. The number of amides is 1. The Labute approximate surface area is 191 Å². The van der Waals surface area contributed by atoms with Crippen LogP contribution in [0.1, 0.15) is 52.2 Å². The molecule has 1 aliphatic rings. The first kappa shape index (κ1) is 22.1. The van der Waals surface area contributed by atoms with Crippen molar-refractivity contribution in [1.82, 2.24) is 34.8 Å². The maximum Gasteiger partial charge on any atom is 0.246 e. The lowest BCUT2D eigenvalue weighted by molar-refractivity contribution is -0.127. The van der Waals surface area contributed by atoms with Crippen molar-refractivity contribution >= 4 is 34.3 Å². The van der Waals surface area contributed by atoms with E-state index in [1.807, 2.05) is 56.5 Å². The minimum absolute atomic E-state index is 0.0193. The summed E-state index contributed by atoms with van der Waals surface area (Å²) in [4.78, 5) is 24.0. The van der Waals surface area contributed by atoms with Gasteiger partial charge in [-0.2, -0.15) is 5.10 Å². The van der Waals surface area contributed by atoms with Crippen LogP contribution in [0.25, 0.3) is 6.08 Å². The van der Waals surface area contributed by atoms with E-state index in [9.17, 15) is 4.79 Å². The van der Waals surface area contributed by atoms with Gasteiger partial charge in [0.25, 0.3) is 0 Å². The highest BCUT2D eigenvalue weighted by atomic mass is 32.1. The third kappa shape index (κ3) is 4.85. The van der Waals surface area contributed by atoms with Crippen LogP contribution < -0.4 is 5.32 Å². The normalized spacial score (nSPS) is 16.7. The highest BCUT2D eigenvalue weighted by Gasteiger charge is 2.25. The molecule has 0 aliphatic carbocycles. The zero-order valence-electron chi connectivity index (χ0n) is 19.1. The lowest BCUT2D eigenvalue weighted by atomic mass is 9.94. The van der Waals surface area contributed by atoms with Gasteiger partial charge in [0.1, 0.15) is 16.6 Å². The van der Waals surface area contributed by atoms with E-state index in [1.165, 1.54) is 11.3 Å². The van der Waals surface area contributed by atoms with Crippen LogP contribution in [0.4, 0.5) is 10.9 Å². The van der Waals surface area contributed by atoms with Crippen LogP contribution in [0.5, 0.6) is 0 Å². The molecule has 0 bridgehead atoms. The Bertz CT molecular complexity index is 1160. The molecule has 4 heterocycles. The molecule has 3 aromatic rings. The maximum absolute atomic E-state index is 12.9. The standard InChI is InChI=1S/C22H28N8OS/c1-13-18(14(2)29(5)28-13)8-9-21(31)30-10-6-7-17(12-30)19-11-20(24-15(3)23-19)25-22-27-26-16(4)32-22/h8-9,11,17H,6-7,10,12H2,1-5H3,(H,23,24,25,27)/b9-8+. The first-order chi connectivity index (χ1) is 15.3. The second-order valence-corrected chi connectivity index (χ2v) is 9.32. The Morgan fingerprint density at radius 1 is 1.22 bits per heavy atom. The number of hydrogen-bond donors (Lipinski definition) is 1. The van der Waals surface area contributed by atoms with Gasteiger partial charge < -0.3 is 10.2 Å². The van der Waals surface area contributed by atoms with E-state index >= 15 is 0 Å². The fraction of sp³-hybridized carbons (Fsp3) is 0.455. The zero-order chi connectivity index (χ0) is 22.8. The molecule has 0 spiro atoms. The van der Waals surface area contributed by atoms with Crippen molar-refractivity contribution < 1.29 is 4.79 Å². The van der Waals surface area contributed by atoms with Crippen LogP contribution in [-0.4, -0.2) is 53.8 Å². The molecule has 10 heteroatoms. The number of nitrogens with one attached hydrogen (secondary N) is 1. The molecule has 3 aromatic heterocycles. The molecule has 32 heavy (non-hydrogen) atoms. The number of nitrogens with zero attached hydrogens (tertiary/aromatic N) is 7. The third-order valence-corrected chi connectivity index (χ3v) is 6.48. The van der Waals surface area contributed by atoms with E-state index in [0.717, 1.165) is 47.0 Å². The van der Waals surface area contributed by atoms with Gasteiger partial charge in [0.2, 0.25) is 11.0 Å². The summed E-state index contributed by atoms with van der Waals surface area (Å²) in [6.45, 7) is 9.16. The number of aryl methyl sites for hydroxylation is 4. The first-order valence-corrected chi connectivity index (χ1v) is 11.5. The summed E-state index contributed by atoms with van der Waals surface area (Å²) in [5.41, 5.74) is 3.92. The SMILES string of the molecule is Cc1nc(Nc2nnc(C)s2)cc(C2CCCN(C(=O)/C=C/c3c(C)nn(C)c3C)C2)n1. The minimum atomic E-state index is 0.0193. The fourth-order valence-corrected chi connectivity index (χ4v) is 4.63. The van der Waals surface area contributed by atoms with Crippen molar-refractivity contribution in [3.05, 3.63) is 45.6 Å². The summed E-state index contributed by atoms with van der Waals surface area (Å²) in [6, 6.07) is 1.96. The maximum atomic E-state index is 12.9. The quantitative estimate of drug-likeness (QED) is 0.592. The largest absolute Gasteiger partial charge is 0.338 e. The van der Waals surface area contributed by atoms with Crippen molar-refractivity contribution in [2.75, 3.05) is 18.4 Å². The average molecular weight is 453 g/mol. The van der Waals surface area contributed by atoms with E-state index in [2.05, 4.69) is 30.6 Å². The number of carbonyl (C=O) groups excluding carboxylic acids is 1. The van der Waals surface area contributed by atoms with E-state index < -0.39 is 0 Å². The van der Waals surface area contributed by atoms with Crippen molar-refractivity contribution in [2.45, 2.75) is 46.5 Å². The molecule has 1 N–H and O–H groups in total. The van der Waals surface area contributed by atoms with Gasteiger partial charge in [-0.3, -0.25) is 9.48 Å². The molecule has 1 amide bonds. The number of likely N-dealkylation sites (tertiary alicyclic amines) is 1. The average Bonchev–Trinajstić information content (AvgIpc) is 3.27. The van der Waals surface area contributed by atoms with E-state index in [4.69, 9.17) is 0 Å². The smallest absolute Gasteiger partial charge is 0.246 e. The molecular weight excluding hydrogens is 424 g/mol. The summed E-state index contributed by atoms with van der Waals surface area (Å²) in [6.07, 6.45) is 5.47. The van der Waals surface area contributed by atoms with Gasteiger partial charge in [0.05, 0.1) is 11.4 Å². The van der Waals surface area contributed by atoms with Gasteiger partial charge in [0.15, 0.2) is 0 Å². The summed E-state index contributed by atoms with van der Waals surface area (Å²) >= 11 is 1.48. The molecule has 4 rings (SSSR count). The fourth-order valence-electron chi connectivity index (χ4n) is 4.03. The van der Waals surface area contributed by atoms with Gasteiger partial charge >= 0.3 is 0 Å². The third-order valence-electron chi connectivity index (χ3n) is 5.73. The molecular formula is C22H28N8OS. The molecule has 1 saturated heterocycles. The van der Waals surface area contributed by atoms with Crippen LogP contribution in [0, 0.1) is 27.7 Å². The van der Waals surface area contributed by atoms with Gasteiger partial charge in [-0.15, -0.1) is 10.2 Å². The molecule has 9 nitrogen and oxygen atoms in total. The number of aromatic nitrogens is 6. The van der Waals surface area contributed by atoms with Crippen LogP contribution in [0.15, 0.2) is 12.1 Å². The topological polar surface area (TPSA) is 102 Å². The van der Waals surface area contributed by atoms with Crippen LogP contribution in [-0.2, 0) is 11.8 Å². The Morgan fingerprint density at radius 3 is 2.72 bits per heavy atom. The Hall–Kier alpha value is -3.14. The van der Waals surface area contributed by atoms with E-state index in [0.29, 0.717) is 23.3 Å². The van der Waals surface area contributed by atoms with Gasteiger partial charge in [-0.1, -0.05) is 11.3 Å². The molecule has 0 saturated carbocycles. The highest BCUT2D eigenvalue weighted by Crippen LogP contribution is 2.28. The number of carbonyl (C=O) groups is 1. The number of hydrogen-bond acceptors (Lipinski definition) is 8. The lowest BCUT2D eigenvalue weighted by Gasteiger charge is -2.32. The van der Waals surface area contributed by atoms with Crippen molar-refractivity contribution in [1.29, 1.82) is 0 Å². The molecule has 1 unspecified atom stereocenters. The van der Waals surface area contributed by atoms with Crippen LogP contribution >= 0.6 is 11.3 Å². The predicted octanol–water partition coefficient (Wildman–Crippen LogP) is 3.46. The Balaban J connectivity index is 1.47. The summed E-state index contributed by atoms with van der Waals surface area (Å²) < 4.78 is 1.84. The van der Waals surface area contributed by atoms with Crippen molar-refractivity contribution in [3.8, 4) is 0 Å². The molecule has 1 atom stereocenters. The van der Waals surface area contributed by atoms with E-state index in [1.54, 1.807) is 6.08 Å². The number of anilines is 2. The van der Waals surface area contributed by atoms with Gasteiger partial charge in [0, 0.05) is 49.5 Å². The highest BCUT2D eigenvalue weighted by molar-refractivity contribution is 7.15. The Morgan fingerprint density at radius 2 is 2.03 bits per heavy atom.